The highest BCUT2D eigenvalue weighted by Crippen LogP contribution is 2.49. The van der Waals surface area contributed by atoms with Crippen LogP contribution in [-0.2, 0) is 0 Å². The van der Waals surface area contributed by atoms with Gasteiger partial charge in [0, 0.05) is 30.1 Å². The van der Waals surface area contributed by atoms with Gasteiger partial charge < -0.3 is 14.5 Å². The Bertz CT molecular complexity index is 847. The second-order valence-electron chi connectivity index (χ2n) is 9.05. The number of halogens is 1. The van der Waals surface area contributed by atoms with Crippen molar-refractivity contribution in [1.29, 1.82) is 0 Å². The first-order chi connectivity index (χ1) is 14.2. The van der Waals surface area contributed by atoms with E-state index < -0.39 is 0 Å². The molecule has 0 N–H and O–H groups in total. The molecule has 1 atom stereocenters. The molecule has 1 spiro atoms. The number of benzene rings is 1. The molecule has 2 saturated heterocycles. The summed E-state index contributed by atoms with van der Waals surface area (Å²) in [4.78, 5) is 5.12. The summed E-state index contributed by atoms with van der Waals surface area (Å²) in [6.07, 6.45) is 9.73. The second-order valence-corrected chi connectivity index (χ2v) is 9.05. The van der Waals surface area contributed by atoms with Crippen LogP contribution in [0.5, 0.6) is 5.75 Å². The Hall–Kier alpha value is -2.21. The van der Waals surface area contributed by atoms with Crippen LogP contribution < -0.4 is 9.64 Å². The summed E-state index contributed by atoms with van der Waals surface area (Å²) < 4.78 is 19.3. The second kappa shape index (κ2) is 7.56. The lowest BCUT2D eigenvalue weighted by Crippen LogP contribution is -2.56. The van der Waals surface area contributed by atoms with Crippen LogP contribution >= 0.6 is 0 Å². The molecule has 1 aromatic heterocycles. The summed E-state index contributed by atoms with van der Waals surface area (Å²) >= 11 is 0. The van der Waals surface area contributed by atoms with Crippen molar-refractivity contribution in [3.8, 4) is 5.75 Å². The third kappa shape index (κ3) is 3.59. The fourth-order valence-electron chi connectivity index (χ4n) is 5.79. The van der Waals surface area contributed by atoms with E-state index in [1.807, 2.05) is 6.20 Å². The molecule has 5 nitrogen and oxygen atoms in total. The van der Waals surface area contributed by atoms with Crippen molar-refractivity contribution in [2.24, 2.45) is 5.41 Å². The standard InChI is InChI=1S/C23H29FN4O/c1-29-22-3-2-18(24)12-21(22)17-6-10-27(11-7-17)19-4-8-23(13-19)15-28(16-23)20-5-9-25-26-14-20/h2-3,5,9,12,14,17,19H,4,6-8,10-11,13,15-16H2,1H3/t19-/m1/s1. The van der Waals surface area contributed by atoms with E-state index in [0.29, 0.717) is 17.4 Å². The van der Waals surface area contributed by atoms with Gasteiger partial charge in [-0.1, -0.05) is 0 Å². The Kier molecular flexibility index (Phi) is 4.90. The van der Waals surface area contributed by atoms with E-state index in [1.165, 1.54) is 31.0 Å². The molecule has 0 bridgehead atoms. The van der Waals surface area contributed by atoms with Crippen LogP contribution in [0.3, 0.4) is 0 Å². The van der Waals surface area contributed by atoms with Gasteiger partial charge in [0.1, 0.15) is 11.6 Å². The van der Waals surface area contributed by atoms with Crippen LogP contribution in [0.1, 0.15) is 43.6 Å². The van der Waals surface area contributed by atoms with Crippen LogP contribution in [0, 0.1) is 11.2 Å². The molecule has 0 radical (unpaired) electrons. The van der Waals surface area contributed by atoms with E-state index in [-0.39, 0.29) is 5.82 Å². The van der Waals surface area contributed by atoms with E-state index >= 15 is 0 Å². The highest BCUT2D eigenvalue weighted by Gasteiger charge is 2.49. The molecule has 2 aliphatic heterocycles. The van der Waals surface area contributed by atoms with E-state index in [4.69, 9.17) is 4.74 Å². The van der Waals surface area contributed by atoms with Crippen LogP contribution in [-0.4, -0.2) is 54.4 Å². The Balaban J connectivity index is 1.16. The summed E-state index contributed by atoms with van der Waals surface area (Å²) in [7, 11) is 1.67. The summed E-state index contributed by atoms with van der Waals surface area (Å²) in [5, 5.41) is 7.89. The molecule has 3 heterocycles. The Morgan fingerprint density at radius 2 is 1.93 bits per heavy atom. The van der Waals surface area contributed by atoms with Gasteiger partial charge in [0.25, 0.3) is 0 Å². The van der Waals surface area contributed by atoms with Gasteiger partial charge in [-0.05, 0) is 75.4 Å². The lowest BCUT2D eigenvalue weighted by atomic mass is 9.77. The molecule has 2 aromatic rings. The monoisotopic (exact) mass is 396 g/mol. The number of aromatic nitrogens is 2. The van der Waals surface area contributed by atoms with E-state index in [9.17, 15) is 4.39 Å². The van der Waals surface area contributed by atoms with Gasteiger partial charge in [0.2, 0.25) is 0 Å². The first kappa shape index (κ1) is 18.8. The molecule has 1 aromatic carbocycles. The van der Waals surface area contributed by atoms with Crippen molar-refractivity contribution in [3.63, 3.8) is 0 Å². The van der Waals surface area contributed by atoms with E-state index in [2.05, 4.69) is 26.1 Å². The maximum atomic E-state index is 13.8. The molecule has 29 heavy (non-hydrogen) atoms. The van der Waals surface area contributed by atoms with Gasteiger partial charge in [-0.15, -0.1) is 0 Å². The van der Waals surface area contributed by atoms with Crippen molar-refractivity contribution in [3.05, 3.63) is 48.0 Å². The number of nitrogens with zero attached hydrogens (tertiary/aromatic N) is 4. The molecule has 6 heteroatoms. The Labute approximate surface area is 171 Å². The highest BCUT2D eigenvalue weighted by molar-refractivity contribution is 5.47. The first-order valence-corrected chi connectivity index (χ1v) is 10.7. The summed E-state index contributed by atoms with van der Waals surface area (Å²) in [5.41, 5.74) is 2.71. The lowest BCUT2D eigenvalue weighted by Gasteiger charge is -2.50. The third-order valence-electron chi connectivity index (χ3n) is 7.34. The largest absolute Gasteiger partial charge is 0.496 e. The van der Waals surface area contributed by atoms with Crippen molar-refractivity contribution in [2.75, 3.05) is 38.2 Å². The summed E-state index contributed by atoms with van der Waals surface area (Å²) in [6, 6.07) is 7.67. The van der Waals surface area contributed by atoms with E-state index in [1.54, 1.807) is 25.4 Å². The van der Waals surface area contributed by atoms with E-state index in [0.717, 1.165) is 50.3 Å². The van der Waals surface area contributed by atoms with Gasteiger partial charge in [-0.2, -0.15) is 10.2 Å². The molecular weight excluding hydrogens is 367 g/mol. The Morgan fingerprint density at radius 3 is 2.66 bits per heavy atom. The van der Waals surface area contributed by atoms with Crippen molar-refractivity contribution >= 4 is 5.69 Å². The topological polar surface area (TPSA) is 41.5 Å². The number of hydrogen-bond donors (Lipinski definition) is 0. The lowest BCUT2D eigenvalue weighted by molar-refractivity contribution is 0.131. The molecule has 3 fully saturated rings. The summed E-state index contributed by atoms with van der Waals surface area (Å²) in [5.74, 6) is 1.05. The number of piperidine rings is 1. The highest BCUT2D eigenvalue weighted by atomic mass is 19.1. The van der Waals surface area contributed by atoms with Crippen molar-refractivity contribution in [1.82, 2.24) is 15.1 Å². The smallest absolute Gasteiger partial charge is 0.123 e. The van der Waals surface area contributed by atoms with Gasteiger partial charge in [-0.3, -0.25) is 0 Å². The van der Waals surface area contributed by atoms with Crippen LogP contribution in [0.25, 0.3) is 0 Å². The van der Waals surface area contributed by atoms with Crippen molar-refractivity contribution < 1.29 is 9.13 Å². The minimum Gasteiger partial charge on any atom is -0.496 e. The number of hydrogen-bond acceptors (Lipinski definition) is 5. The molecule has 0 amide bonds. The first-order valence-electron chi connectivity index (χ1n) is 10.7. The van der Waals surface area contributed by atoms with Crippen molar-refractivity contribution in [2.45, 2.75) is 44.1 Å². The predicted molar refractivity (Wildman–Crippen MR) is 111 cm³/mol. The zero-order valence-corrected chi connectivity index (χ0v) is 17.1. The normalized spacial score (nSPS) is 24.6. The van der Waals surface area contributed by atoms with Gasteiger partial charge in [-0.25, -0.2) is 4.39 Å². The molecule has 5 rings (SSSR count). The fraction of sp³-hybridized carbons (Fsp3) is 0.565. The molecule has 1 saturated carbocycles. The maximum Gasteiger partial charge on any atom is 0.123 e. The number of anilines is 1. The predicted octanol–water partition coefficient (Wildman–Crippen LogP) is 3.86. The summed E-state index contributed by atoms with van der Waals surface area (Å²) in [6.45, 7) is 4.49. The zero-order chi connectivity index (χ0) is 19.8. The maximum absolute atomic E-state index is 13.8. The molecule has 0 unspecified atom stereocenters. The molecule has 1 aliphatic carbocycles. The quantitative estimate of drug-likeness (QED) is 0.785. The fourth-order valence-corrected chi connectivity index (χ4v) is 5.79. The SMILES string of the molecule is COc1ccc(F)cc1C1CCN([C@@H]2CCC3(C2)CN(c2ccnnc2)C3)CC1. The average Bonchev–Trinajstić information content (AvgIpc) is 3.19. The number of likely N-dealkylation sites (tertiary alicyclic amines) is 1. The zero-order valence-electron chi connectivity index (χ0n) is 17.1. The number of ether oxygens (including phenoxy) is 1. The minimum absolute atomic E-state index is 0.167. The average molecular weight is 397 g/mol. The third-order valence-corrected chi connectivity index (χ3v) is 7.34. The Morgan fingerprint density at radius 1 is 1.10 bits per heavy atom. The van der Waals surface area contributed by atoms with Crippen LogP contribution in [0.2, 0.25) is 0 Å². The number of rotatable bonds is 4. The van der Waals surface area contributed by atoms with Crippen LogP contribution in [0.15, 0.2) is 36.7 Å². The van der Waals surface area contributed by atoms with Gasteiger partial charge >= 0.3 is 0 Å². The number of methoxy groups -OCH3 is 1. The van der Waals surface area contributed by atoms with Gasteiger partial charge in [0.05, 0.1) is 25.2 Å². The molecule has 154 valence electrons. The van der Waals surface area contributed by atoms with Gasteiger partial charge in [0.15, 0.2) is 0 Å². The molecular formula is C23H29FN4O. The molecule has 3 aliphatic rings. The minimum atomic E-state index is -0.167. The van der Waals surface area contributed by atoms with Crippen LogP contribution in [0.4, 0.5) is 10.1 Å².